The quantitative estimate of drug-likeness (QED) is 0.376. The van der Waals surface area contributed by atoms with Crippen LogP contribution in [0.15, 0.2) is 24.3 Å². The maximum absolute atomic E-state index is 13.2. The molecule has 1 rings (SSSR count). The van der Waals surface area contributed by atoms with Gasteiger partial charge >= 0.3 is 0 Å². The second kappa shape index (κ2) is 13.6. The molecule has 0 heterocycles. The van der Waals surface area contributed by atoms with Crippen LogP contribution in [-0.2, 0) is 0 Å². The molecule has 0 saturated heterocycles. The Balaban J connectivity index is 2.85. The van der Waals surface area contributed by atoms with E-state index in [0.29, 0.717) is 11.6 Å². The fraction of sp³-hybridized carbons (Fsp3) is 0.708. The lowest BCUT2D eigenvalue weighted by Gasteiger charge is -2.29. The first kappa shape index (κ1) is 23.5. The van der Waals surface area contributed by atoms with Crippen LogP contribution in [-0.4, -0.2) is 23.9 Å². The topological polar surface area (TPSA) is 46.3 Å². The number of amides is 1. The van der Waals surface area contributed by atoms with E-state index in [1.54, 1.807) is 0 Å². The summed E-state index contributed by atoms with van der Waals surface area (Å²) in [7, 11) is 0. The molecule has 0 bridgehead atoms. The minimum absolute atomic E-state index is 0.141. The molecule has 1 amide bonds. The molecule has 1 aromatic carbocycles. The van der Waals surface area contributed by atoms with Crippen molar-refractivity contribution in [3.63, 3.8) is 0 Å². The molecule has 0 aliphatic rings. The largest absolute Gasteiger partial charge is 0.399 e. The number of hydrogen-bond donors (Lipinski definition) is 1. The highest BCUT2D eigenvalue weighted by Gasteiger charge is 2.21. The summed E-state index contributed by atoms with van der Waals surface area (Å²) >= 11 is 0. The van der Waals surface area contributed by atoms with Gasteiger partial charge in [0.15, 0.2) is 0 Å². The van der Waals surface area contributed by atoms with Gasteiger partial charge in [0, 0.05) is 24.3 Å². The van der Waals surface area contributed by atoms with Gasteiger partial charge in [0.25, 0.3) is 5.91 Å². The molecule has 0 fully saturated rings. The lowest BCUT2D eigenvalue weighted by atomic mass is 9.94. The summed E-state index contributed by atoms with van der Waals surface area (Å²) < 4.78 is 0. The monoisotopic (exact) mass is 374 g/mol. The first-order valence-corrected chi connectivity index (χ1v) is 11.2. The molecule has 2 atom stereocenters. The number of nitrogens with two attached hydrogens (primary N) is 1. The Kier molecular flexibility index (Phi) is 11.9. The molecule has 0 aromatic heterocycles. The molecule has 2 unspecified atom stereocenters. The lowest BCUT2D eigenvalue weighted by Crippen LogP contribution is -2.37. The van der Waals surface area contributed by atoms with E-state index in [2.05, 4.69) is 32.6 Å². The second-order valence-corrected chi connectivity index (χ2v) is 8.00. The third-order valence-electron chi connectivity index (χ3n) is 5.79. The van der Waals surface area contributed by atoms with Gasteiger partial charge in [0.1, 0.15) is 0 Å². The fourth-order valence-electron chi connectivity index (χ4n) is 3.74. The number of unbranched alkanes of at least 4 members (excludes halogenated alkanes) is 2. The number of benzene rings is 1. The van der Waals surface area contributed by atoms with E-state index in [1.807, 2.05) is 24.3 Å². The average Bonchev–Trinajstić information content (AvgIpc) is 2.69. The SMILES string of the molecule is CCCCC(CC)CCN(CC(CC)CCCC)C(=O)c1cccc(N)c1. The molecule has 2 N–H and O–H groups in total. The van der Waals surface area contributed by atoms with Gasteiger partial charge in [-0.2, -0.15) is 0 Å². The van der Waals surface area contributed by atoms with Crippen LogP contribution < -0.4 is 5.73 Å². The zero-order valence-corrected chi connectivity index (χ0v) is 18.2. The van der Waals surface area contributed by atoms with E-state index in [9.17, 15) is 4.79 Å². The third-order valence-corrected chi connectivity index (χ3v) is 5.79. The predicted molar refractivity (Wildman–Crippen MR) is 118 cm³/mol. The maximum atomic E-state index is 13.2. The Morgan fingerprint density at radius 3 is 2.15 bits per heavy atom. The van der Waals surface area contributed by atoms with Gasteiger partial charge in [-0.05, 0) is 42.9 Å². The molecular weight excluding hydrogens is 332 g/mol. The molecule has 0 aliphatic heterocycles. The highest BCUT2D eigenvalue weighted by Crippen LogP contribution is 2.21. The average molecular weight is 375 g/mol. The summed E-state index contributed by atoms with van der Waals surface area (Å²) in [5.41, 5.74) is 7.30. The molecule has 3 heteroatoms. The van der Waals surface area contributed by atoms with Crippen LogP contribution in [0.5, 0.6) is 0 Å². The zero-order chi connectivity index (χ0) is 20.1. The van der Waals surface area contributed by atoms with E-state index < -0.39 is 0 Å². The Hall–Kier alpha value is -1.51. The zero-order valence-electron chi connectivity index (χ0n) is 18.2. The van der Waals surface area contributed by atoms with Gasteiger partial charge in [-0.25, -0.2) is 0 Å². The van der Waals surface area contributed by atoms with E-state index >= 15 is 0 Å². The van der Waals surface area contributed by atoms with Gasteiger partial charge in [0.2, 0.25) is 0 Å². The Bertz CT molecular complexity index is 529. The van der Waals surface area contributed by atoms with Crippen LogP contribution in [0.2, 0.25) is 0 Å². The van der Waals surface area contributed by atoms with Gasteiger partial charge in [-0.3, -0.25) is 4.79 Å². The summed E-state index contributed by atoms with van der Waals surface area (Å²) in [5, 5.41) is 0. The van der Waals surface area contributed by atoms with E-state index in [-0.39, 0.29) is 5.91 Å². The van der Waals surface area contributed by atoms with Crippen molar-refractivity contribution in [2.45, 2.75) is 85.5 Å². The van der Waals surface area contributed by atoms with Gasteiger partial charge in [-0.15, -0.1) is 0 Å². The summed E-state index contributed by atoms with van der Waals surface area (Å²) in [6.07, 6.45) is 10.9. The normalized spacial score (nSPS) is 13.3. The Morgan fingerprint density at radius 1 is 0.963 bits per heavy atom. The highest BCUT2D eigenvalue weighted by atomic mass is 16.2. The molecular formula is C24H42N2O. The number of carbonyl (C=O) groups excluding carboxylic acids is 1. The smallest absolute Gasteiger partial charge is 0.253 e. The maximum Gasteiger partial charge on any atom is 0.253 e. The van der Waals surface area contributed by atoms with Crippen molar-refractivity contribution < 1.29 is 4.79 Å². The molecule has 0 radical (unpaired) electrons. The van der Waals surface area contributed by atoms with Crippen molar-refractivity contribution in [3.05, 3.63) is 29.8 Å². The number of nitrogen functional groups attached to an aromatic ring is 1. The number of hydrogen-bond acceptors (Lipinski definition) is 2. The summed E-state index contributed by atoms with van der Waals surface area (Å²) in [6, 6.07) is 7.43. The minimum atomic E-state index is 0.141. The van der Waals surface area contributed by atoms with Crippen molar-refractivity contribution in [2.24, 2.45) is 11.8 Å². The number of carbonyl (C=O) groups is 1. The fourth-order valence-corrected chi connectivity index (χ4v) is 3.74. The van der Waals surface area contributed by atoms with Crippen LogP contribution in [0, 0.1) is 11.8 Å². The van der Waals surface area contributed by atoms with Crippen LogP contribution in [0.25, 0.3) is 0 Å². The predicted octanol–water partition coefficient (Wildman–Crippen LogP) is 6.53. The van der Waals surface area contributed by atoms with E-state index in [4.69, 9.17) is 5.73 Å². The van der Waals surface area contributed by atoms with Crippen molar-refractivity contribution in [1.29, 1.82) is 0 Å². The molecule has 0 spiro atoms. The molecule has 27 heavy (non-hydrogen) atoms. The Labute approximate surface area is 167 Å². The van der Waals surface area contributed by atoms with Crippen molar-refractivity contribution in [3.8, 4) is 0 Å². The summed E-state index contributed by atoms with van der Waals surface area (Å²) in [5.74, 6) is 1.45. The van der Waals surface area contributed by atoms with Crippen LogP contribution in [0.4, 0.5) is 5.69 Å². The number of anilines is 1. The van der Waals surface area contributed by atoms with E-state index in [1.165, 1.54) is 44.9 Å². The first-order valence-electron chi connectivity index (χ1n) is 11.2. The van der Waals surface area contributed by atoms with Crippen molar-refractivity contribution >= 4 is 11.6 Å². The van der Waals surface area contributed by atoms with Gasteiger partial charge in [-0.1, -0.05) is 78.7 Å². The van der Waals surface area contributed by atoms with Crippen molar-refractivity contribution in [1.82, 2.24) is 4.90 Å². The molecule has 1 aromatic rings. The van der Waals surface area contributed by atoms with Crippen molar-refractivity contribution in [2.75, 3.05) is 18.8 Å². The Morgan fingerprint density at radius 2 is 1.59 bits per heavy atom. The van der Waals surface area contributed by atoms with Crippen LogP contribution >= 0.6 is 0 Å². The standard InChI is InChI=1S/C24H42N2O/c1-5-9-12-20(7-3)16-17-26(19-21(8-4)13-10-6-2)24(27)22-14-11-15-23(25)18-22/h11,14-15,18,20-21H,5-10,12-13,16-17,19,25H2,1-4H3. The third kappa shape index (κ3) is 8.81. The second-order valence-electron chi connectivity index (χ2n) is 8.00. The molecule has 0 aliphatic carbocycles. The summed E-state index contributed by atoms with van der Waals surface area (Å²) in [4.78, 5) is 15.3. The molecule has 3 nitrogen and oxygen atoms in total. The highest BCUT2D eigenvalue weighted by molar-refractivity contribution is 5.95. The van der Waals surface area contributed by atoms with Gasteiger partial charge < -0.3 is 10.6 Å². The van der Waals surface area contributed by atoms with Crippen LogP contribution in [0.1, 0.15) is 95.8 Å². The van der Waals surface area contributed by atoms with Gasteiger partial charge in [0.05, 0.1) is 0 Å². The summed E-state index contributed by atoms with van der Waals surface area (Å²) in [6.45, 7) is 10.7. The lowest BCUT2D eigenvalue weighted by molar-refractivity contribution is 0.0709. The minimum Gasteiger partial charge on any atom is -0.399 e. The number of nitrogens with zero attached hydrogens (tertiary/aromatic N) is 1. The molecule has 0 saturated carbocycles. The van der Waals surface area contributed by atoms with E-state index in [0.717, 1.165) is 37.4 Å². The van der Waals surface area contributed by atoms with Crippen LogP contribution in [0.3, 0.4) is 0 Å². The molecule has 154 valence electrons. The first-order chi connectivity index (χ1) is 13.0. The number of rotatable bonds is 14.